The summed E-state index contributed by atoms with van der Waals surface area (Å²) in [5.41, 5.74) is 0. The summed E-state index contributed by atoms with van der Waals surface area (Å²) >= 11 is 0. The zero-order chi connectivity index (χ0) is 76.5. The Morgan fingerprint density at radius 1 is 0.204 bits per heavy atom. The Labute approximate surface area is 648 Å². The molecule has 0 saturated heterocycles. The highest BCUT2D eigenvalue weighted by atomic mass is 16.6. The van der Waals surface area contributed by atoms with Crippen LogP contribution in [-0.2, 0) is 33.4 Å². The predicted octanol–water partition coefficient (Wildman–Crippen LogP) is 33.5. The largest absolute Gasteiger partial charge is 0.466 e. The number of carbonyl (C=O) groups is 4. The summed E-state index contributed by atoms with van der Waals surface area (Å²) in [6, 6.07) is 0. The molecule has 0 heterocycles. The van der Waals surface area contributed by atoms with Gasteiger partial charge in [-0.1, -0.05) is 494 Å². The smallest absolute Gasteiger partial charge is 0.313 e. The van der Waals surface area contributed by atoms with E-state index in [2.05, 4.69) is 83.1 Å². The van der Waals surface area contributed by atoms with Crippen LogP contribution in [0, 0.1) is 30.6 Å². The van der Waals surface area contributed by atoms with Crippen LogP contribution in [0.5, 0.6) is 0 Å². The van der Waals surface area contributed by atoms with Gasteiger partial charge < -0.3 is 14.2 Å². The summed E-state index contributed by atoms with van der Waals surface area (Å²) in [4.78, 5) is 47.1. The van der Waals surface area contributed by atoms with Gasteiger partial charge in [0.25, 0.3) is 0 Å². The highest BCUT2D eigenvalue weighted by Gasteiger charge is 2.11. The van der Waals surface area contributed by atoms with Gasteiger partial charge in [0.15, 0.2) is 0 Å². The number of hydrogen-bond acceptors (Lipinski definition) is 7. The molecule has 0 aromatic carbocycles. The molecular formula is C96H191O7. The third kappa shape index (κ3) is 111. The molecule has 7 nitrogen and oxygen atoms in total. The number of hydrogen-bond donors (Lipinski definition) is 0. The topological polar surface area (TPSA) is 96.0 Å². The minimum absolute atomic E-state index is 0.00435. The monoisotopic (exact) mass is 1460 g/mol. The van der Waals surface area contributed by atoms with E-state index in [1.807, 2.05) is 0 Å². The maximum Gasteiger partial charge on any atom is 0.313 e. The molecule has 0 aliphatic rings. The molecule has 0 bridgehead atoms. The van der Waals surface area contributed by atoms with Crippen LogP contribution in [0.3, 0.4) is 0 Å². The standard InChI is InChI=1S/C36H70O3.C25H50O2.C22H44O2.C13H27/c1-3-5-7-9-11-13-15-17-19-21-23-25-27-29-31-33-35(37)39-36(38)34-32-30-28-26-24-22-20-18-16-14-12-10-8-6-4-2;1-4-5-6-7-8-9-13-16-19-22-25(26)27-23-20-17-14-11-10-12-15-18-21-24(2)3;1-20(2)16-12-9-7-5-6-8-10-15-19-24-22(23)18-14-11-13-17-21(3)4;1-4-5-6-7-8-9-10-11-12-13(2)3/h3-34H2,1-2H3;24H,4-23H2,1-3H3;20-21H,5-19H2,1-4H3;13H,1,4-12H2,2-3H3. The normalized spacial score (nSPS) is 11.3. The van der Waals surface area contributed by atoms with E-state index in [0.717, 1.165) is 87.9 Å². The second kappa shape index (κ2) is 96.2. The quantitative estimate of drug-likeness (QED) is 0.0259. The van der Waals surface area contributed by atoms with E-state index in [9.17, 15) is 19.2 Å². The van der Waals surface area contributed by atoms with Crippen LogP contribution in [0.2, 0.25) is 0 Å². The van der Waals surface area contributed by atoms with Crippen molar-refractivity contribution in [3.05, 3.63) is 6.92 Å². The highest BCUT2D eigenvalue weighted by molar-refractivity contribution is 5.85. The minimum atomic E-state index is -0.323. The van der Waals surface area contributed by atoms with Crippen molar-refractivity contribution in [3.8, 4) is 0 Å². The maximum absolute atomic E-state index is 11.9. The summed E-state index contributed by atoms with van der Waals surface area (Å²) < 4.78 is 15.7. The van der Waals surface area contributed by atoms with Crippen molar-refractivity contribution >= 4 is 23.9 Å². The average molecular weight is 1460 g/mol. The van der Waals surface area contributed by atoms with Crippen LogP contribution >= 0.6 is 0 Å². The fourth-order valence-electron chi connectivity index (χ4n) is 13.6. The highest BCUT2D eigenvalue weighted by Crippen LogP contribution is 2.20. The average Bonchev–Trinajstić information content (AvgIpc) is 2.04. The number of ether oxygens (including phenoxy) is 3. The van der Waals surface area contributed by atoms with Crippen molar-refractivity contribution in [1.82, 2.24) is 0 Å². The van der Waals surface area contributed by atoms with E-state index in [0.29, 0.717) is 38.9 Å². The lowest BCUT2D eigenvalue weighted by Crippen LogP contribution is -2.11. The molecule has 0 amide bonds. The van der Waals surface area contributed by atoms with Crippen LogP contribution in [0.25, 0.3) is 0 Å². The third-order valence-electron chi connectivity index (χ3n) is 20.8. The summed E-state index contributed by atoms with van der Waals surface area (Å²) in [7, 11) is 0. The second-order valence-electron chi connectivity index (χ2n) is 33.8. The zero-order valence-electron chi connectivity index (χ0n) is 72.6. The molecule has 0 rings (SSSR count). The van der Waals surface area contributed by atoms with Crippen molar-refractivity contribution in [2.75, 3.05) is 13.2 Å². The van der Waals surface area contributed by atoms with Gasteiger partial charge in [-0.3, -0.25) is 19.2 Å². The van der Waals surface area contributed by atoms with Gasteiger partial charge >= 0.3 is 23.9 Å². The van der Waals surface area contributed by atoms with Crippen molar-refractivity contribution in [1.29, 1.82) is 0 Å². The Bertz CT molecular complexity index is 1540. The molecule has 0 atom stereocenters. The zero-order valence-corrected chi connectivity index (χ0v) is 72.6. The minimum Gasteiger partial charge on any atom is -0.466 e. The maximum atomic E-state index is 11.9. The van der Waals surface area contributed by atoms with E-state index in [-0.39, 0.29) is 23.9 Å². The fourth-order valence-corrected chi connectivity index (χ4v) is 13.6. The molecule has 7 heteroatoms. The summed E-state index contributed by atoms with van der Waals surface area (Å²) in [5, 5.41) is 0. The van der Waals surface area contributed by atoms with Crippen molar-refractivity contribution < 1.29 is 33.4 Å². The van der Waals surface area contributed by atoms with E-state index >= 15 is 0 Å². The lowest BCUT2D eigenvalue weighted by atomic mass is 10.0. The second-order valence-corrected chi connectivity index (χ2v) is 33.8. The van der Waals surface area contributed by atoms with Crippen LogP contribution in [0.4, 0.5) is 0 Å². The summed E-state index contributed by atoms with van der Waals surface area (Å²) in [6.07, 6.45) is 93.7. The molecule has 0 aromatic rings. The Morgan fingerprint density at radius 2 is 0.359 bits per heavy atom. The Kier molecular flexibility index (Phi) is 100. The lowest BCUT2D eigenvalue weighted by molar-refractivity contribution is -0.160. The van der Waals surface area contributed by atoms with Crippen LogP contribution in [-0.4, -0.2) is 37.1 Å². The van der Waals surface area contributed by atoms with Gasteiger partial charge in [0.05, 0.1) is 13.2 Å². The Balaban J connectivity index is -0.000000673. The summed E-state index contributed by atoms with van der Waals surface area (Å²) in [5.74, 6) is 2.75. The molecule has 0 aromatic heterocycles. The van der Waals surface area contributed by atoms with E-state index in [1.165, 1.54) is 385 Å². The van der Waals surface area contributed by atoms with Gasteiger partial charge in [-0.25, -0.2) is 0 Å². The van der Waals surface area contributed by atoms with Crippen LogP contribution in [0.15, 0.2) is 0 Å². The number of esters is 4. The number of carbonyl (C=O) groups excluding carboxylic acids is 4. The lowest BCUT2D eigenvalue weighted by Gasteiger charge is -2.06. The van der Waals surface area contributed by atoms with Gasteiger partial charge in [0.2, 0.25) is 0 Å². The molecule has 0 fully saturated rings. The first-order chi connectivity index (χ1) is 50.2. The Morgan fingerprint density at radius 3 is 0.553 bits per heavy atom. The van der Waals surface area contributed by atoms with E-state index < -0.39 is 0 Å². The Hall–Kier alpha value is -1.92. The van der Waals surface area contributed by atoms with Gasteiger partial charge in [0.1, 0.15) is 0 Å². The van der Waals surface area contributed by atoms with Gasteiger partial charge in [-0.05, 0) is 62.2 Å². The summed E-state index contributed by atoms with van der Waals surface area (Å²) in [6.45, 7) is 30.3. The number of unbranched alkanes of at least 4 members (excludes halogenated alkanes) is 59. The number of rotatable bonds is 79. The first kappa shape index (κ1) is 107. The molecule has 617 valence electrons. The first-order valence-corrected chi connectivity index (χ1v) is 47.0. The van der Waals surface area contributed by atoms with Crippen molar-refractivity contribution in [3.63, 3.8) is 0 Å². The molecule has 1 radical (unpaired) electrons. The molecule has 0 aliphatic carbocycles. The molecule has 0 N–H and O–H groups in total. The molecule has 0 unspecified atom stereocenters. The van der Waals surface area contributed by atoms with E-state index in [1.54, 1.807) is 0 Å². The van der Waals surface area contributed by atoms with Crippen molar-refractivity contribution in [2.24, 2.45) is 23.7 Å². The molecule has 103 heavy (non-hydrogen) atoms. The van der Waals surface area contributed by atoms with E-state index in [4.69, 9.17) is 14.2 Å². The van der Waals surface area contributed by atoms with Gasteiger partial charge in [-0.2, -0.15) is 0 Å². The molecule has 0 saturated carbocycles. The van der Waals surface area contributed by atoms with Crippen LogP contribution in [0.1, 0.15) is 551 Å². The first-order valence-electron chi connectivity index (χ1n) is 47.0. The fraction of sp³-hybridized carbons (Fsp3) is 0.948. The SMILES string of the molecule is CC(C)CCCCCCCCCCOC(=O)CCCCCC(C)C.CCCCCCCCCCCC(=O)OCCCCCCCCCCC(C)C.CCCCCCCCCCCCCCCCCC(=O)OC(=O)CCCCCCCCCCCCCCCCC.[CH2]CCCCCCCCCC(C)C. The molecule has 0 spiro atoms. The third-order valence-corrected chi connectivity index (χ3v) is 20.8. The van der Waals surface area contributed by atoms with Crippen molar-refractivity contribution in [2.45, 2.75) is 551 Å². The molecular weight excluding hydrogens is 1270 g/mol. The van der Waals surface area contributed by atoms with Gasteiger partial charge in [-0.15, -0.1) is 0 Å². The molecule has 0 aliphatic heterocycles. The predicted molar refractivity (Wildman–Crippen MR) is 456 cm³/mol. The van der Waals surface area contributed by atoms with Gasteiger partial charge in [0, 0.05) is 25.7 Å². The van der Waals surface area contributed by atoms with Crippen LogP contribution < -0.4 is 0 Å².